The van der Waals surface area contributed by atoms with Crippen molar-refractivity contribution in [1.29, 1.82) is 0 Å². The summed E-state index contributed by atoms with van der Waals surface area (Å²) in [5, 5.41) is 1.99. The van der Waals surface area contributed by atoms with Crippen LogP contribution in [0.15, 0.2) is 24.3 Å². The van der Waals surface area contributed by atoms with Crippen molar-refractivity contribution < 1.29 is 4.74 Å². The fraction of sp³-hybridized carbons (Fsp3) is 0.400. The average Bonchev–Trinajstić information content (AvgIpc) is 3.12. The van der Waals surface area contributed by atoms with Gasteiger partial charge in [0, 0.05) is 11.5 Å². The smallest absolute Gasteiger partial charge is 0.120 e. The maximum atomic E-state index is 6.11. The number of benzene rings is 1. The van der Waals surface area contributed by atoms with Crippen molar-refractivity contribution in [3.05, 3.63) is 29.3 Å². The van der Waals surface area contributed by atoms with Crippen molar-refractivity contribution in [2.45, 2.75) is 38.7 Å². The molecule has 3 nitrogen and oxygen atoms in total. The highest BCUT2D eigenvalue weighted by Gasteiger charge is 2.28. The van der Waals surface area contributed by atoms with Crippen LogP contribution in [0, 0.1) is 0 Å². The van der Waals surface area contributed by atoms with Gasteiger partial charge in [0.25, 0.3) is 0 Å². The fourth-order valence-corrected chi connectivity index (χ4v) is 3.07. The molecule has 1 aliphatic carbocycles. The number of hydrogen-bond acceptors (Lipinski definition) is 4. The maximum absolute atomic E-state index is 6.11. The lowest BCUT2D eigenvalue weighted by atomic mass is 10.1. The van der Waals surface area contributed by atoms with Gasteiger partial charge in [0.05, 0.1) is 11.1 Å². The van der Waals surface area contributed by atoms with Gasteiger partial charge >= 0.3 is 0 Å². The zero-order valence-electron chi connectivity index (χ0n) is 11.2. The number of aromatic nitrogens is 1. The Balaban J connectivity index is 1.92. The van der Waals surface area contributed by atoms with Gasteiger partial charge in [-0.15, -0.1) is 11.3 Å². The molecule has 1 aromatic heterocycles. The number of nitrogens with two attached hydrogens (primary N) is 1. The summed E-state index contributed by atoms with van der Waals surface area (Å²) >= 11 is 1.63. The Hall–Kier alpha value is -1.55. The van der Waals surface area contributed by atoms with Crippen LogP contribution in [-0.2, 0) is 0 Å². The molecule has 1 fully saturated rings. The van der Waals surface area contributed by atoms with Crippen LogP contribution < -0.4 is 10.5 Å². The molecule has 1 saturated carbocycles. The topological polar surface area (TPSA) is 48.1 Å². The molecule has 3 rings (SSSR count). The molecule has 1 aromatic carbocycles. The summed E-state index contributed by atoms with van der Waals surface area (Å²) in [6.07, 6.45) is 2.68. The second kappa shape index (κ2) is 4.85. The summed E-state index contributed by atoms with van der Waals surface area (Å²) < 4.78 is 5.72. The lowest BCUT2D eigenvalue weighted by Crippen LogP contribution is -2.05. The number of nitrogens with zero attached hydrogens (tertiary/aromatic N) is 1. The van der Waals surface area contributed by atoms with Crippen LogP contribution >= 0.6 is 11.3 Å². The Morgan fingerprint density at radius 1 is 1.37 bits per heavy atom. The van der Waals surface area contributed by atoms with E-state index in [-0.39, 0.29) is 6.10 Å². The number of anilines is 1. The van der Waals surface area contributed by atoms with Crippen LogP contribution in [0.1, 0.15) is 37.6 Å². The summed E-state index contributed by atoms with van der Waals surface area (Å²) in [6, 6.07) is 8.01. The molecule has 19 heavy (non-hydrogen) atoms. The van der Waals surface area contributed by atoms with Gasteiger partial charge in [-0.1, -0.05) is 12.1 Å². The van der Waals surface area contributed by atoms with Crippen LogP contribution in [0.5, 0.6) is 5.75 Å². The molecule has 1 aliphatic rings. The van der Waals surface area contributed by atoms with Gasteiger partial charge in [-0.25, -0.2) is 4.98 Å². The summed E-state index contributed by atoms with van der Waals surface area (Å²) in [7, 11) is 0. The van der Waals surface area contributed by atoms with Crippen molar-refractivity contribution >= 4 is 16.3 Å². The van der Waals surface area contributed by atoms with Crippen molar-refractivity contribution in [2.75, 3.05) is 5.73 Å². The predicted octanol–water partition coefficient (Wildman–Crippen LogP) is 4.06. The lowest BCUT2D eigenvalue weighted by molar-refractivity contribution is 0.242. The van der Waals surface area contributed by atoms with Crippen LogP contribution in [0.2, 0.25) is 0 Å². The number of rotatable bonds is 4. The molecule has 2 aromatic rings. The van der Waals surface area contributed by atoms with E-state index in [0.717, 1.165) is 22.0 Å². The third-order valence-electron chi connectivity index (χ3n) is 3.08. The molecule has 0 unspecified atom stereocenters. The first-order valence-corrected chi connectivity index (χ1v) is 7.48. The summed E-state index contributed by atoms with van der Waals surface area (Å²) in [6.45, 7) is 4.05. The van der Waals surface area contributed by atoms with E-state index in [4.69, 9.17) is 15.5 Å². The van der Waals surface area contributed by atoms with Crippen LogP contribution in [0.25, 0.3) is 11.3 Å². The molecule has 0 bridgehead atoms. The second-order valence-electron chi connectivity index (χ2n) is 5.23. The molecule has 0 aliphatic heterocycles. The van der Waals surface area contributed by atoms with Crippen molar-refractivity contribution in [2.24, 2.45) is 0 Å². The van der Waals surface area contributed by atoms with Crippen LogP contribution in [-0.4, -0.2) is 11.1 Å². The normalized spacial score (nSPS) is 14.9. The monoisotopic (exact) mass is 274 g/mol. The molecule has 0 spiro atoms. The van der Waals surface area contributed by atoms with Gasteiger partial charge in [0.15, 0.2) is 0 Å². The highest BCUT2D eigenvalue weighted by Crippen LogP contribution is 2.45. The number of nitrogen functional groups attached to an aromatic ring is 1. The van der Waals surface area contributed by atoms with Crippen molar-refractivity contribution in [3.63, 3.8) is 0 Å². The van der Waals surface area contributed by atoms with E-state index < -0.39 is 0 Å². The standard InChI is InChI=1S/C15H18N2OS/c1-9(2)18-12-5-3-4-11(8-12)13-14(16)19-15(17-13)10-6-7-10/h3-5,8-10H,6-7,16H2,1-2H3. The number of thiazole rings is 1. The fourth-order valence-electron chi connectivity index (χ4n) is 2.05. The molecular formula is C15H18N2OS. The van der Waals surface area contributed by atoms with E-state index in [2.05, 4.69) is 0 Å². The molecule has 1 heterocycles. The molecule has 0 amide bonds. The van der Waals surface area contributed by atoms with E-state index in [9.17, 15) is 0 Å². The largest absolute Gasteiger partial charge is 0.491 e. The Morgan fingerprint density at radius 2 is 2.16 bits per heavy atom. The SMILES string of the molecule is CC(C)Oc1cccc(-c2nc(C3CC3)sc2N)c1. The Kier molecular flexibility index (Phi) is 3.19. The zero-order chi connectivity index (χ0) is 13.4. The minimum Gasteiger partial charge on any atom is -0.491 e. The minimum atomic E-state index is 0.171. The van der Waals surface area contributed by atoms with E-state index in [0.29, 0.717) is 5.92 Å². The first-order valence-electron chi connectivity index (χ1n) is 6.67. The third-order valence-corrected chi connectivity index (χ3v) is 4.12. The quantitative estimate of drug-likeness (QED) is 0.914. The molecule has 100 valence electrons. The predicted molar refractivity (Wildman–Crippen MR) is 79.7 cm³/mol. The van der Waals surface area contributed by atoms with E-state index in [1.807, 2.05) is 38.1 Å². The minimum absolute atomic E-state index is 0.171. The van der Waals surface area contributed by atoms with Gasteiger partial charge < -0.3 is 10.5 Å². The highest BCUT2D eigenvalue weighted by atomic mass is 32.1. The molecule has 2 N–H and O–H groups in total. The maximum Gasteiger partial charge on any atom is 0.120 e. The Labute approximate surface area is 117 Å². The molecule has 0 saturated heterocycles. The third kappa shape index (κ3) is 2.73. The van der Waals surface area contributed by atoms with E-state index in [1.165, 1.54) is 17.8 Å². The van der Waals surface area contributed by atoms with E-state index >= 15 is 0 Å². The second-order valence-corrected chi connectivity index (χ2v) is 6.30. The van der Waals surface area contributed by atoms with Gasteiger partial charge in [-0.2, -0.15) is 0 Å². The summed E-state index contributed by atoms with van der Waals surface area (Å²) in [5.74, 6) is 1.52. The summed E-state index contributed by atoms with van der Waals surface area (Å²) in [5.41, 5.74) is 8.05. The first kappa shape index (κ1) is 12.5. The Bertz CT molecular complexity index is 588. The van der Waals surface area contributed by atoms with Gasteiger partial charge in [-0.3, -0.25) is 0 Å². The van der Waals surface area contributed by atoms with Gasteiger partial charge in [-0.05, 0) is 38.8 Å². The Morgan fingerprint density at radius 3 is 2.84 bits per heavy atom. The van der Waals surface area contributed by atoms with Gasteiger partial charge in [0.1, 0.15) is 16.4 Å². The molecular weight excluding hydrogens is 256 g/mol. The molecule has 0 atom stereocenters. The molecule has 0 radical (unpaired) electrons. The van der Waals surface area contributed by atoms with Crippen molar-refractivity contribution in [1.82, 2.24) is 4.98 Å². The van der Waals surface area contributed by atoms with E-state index in [1.54, 1.807) is 11.3 Å². The number of hydrogen-bond donors (Lipinski definition) is 1. The van der Waals surface area contributed by atoms with Crippen molar-refractivity contribution in [3.8, 4) is 17.0 Å². The van der Waals surface area contributed by atoms with Crippen LogP contribution in [0.3, 0.4) is 0 Å². The van der Waals surface area contributed by atoms with Gasteiger partial charge in [0.2, 0.25) is 0 Å². The zero-order valence-corrected chi connectivity index (χ0v) is 12.0. The molecule has 4 heteroatoms. The summed E-state index contributed by atoms with van der Waals surface area (Å²) in [4.78, 5) is 4.70. The lowest BCUT2D eigenvalue weighted by Gasteiger charge is -2.10. The number of ether oxygens (including phenoxy) is 1. The first-order chi connectivity index (χ1) is 9.13. The van der Waals surface area contributed by atoms with Crippen LogP contribution in [0.4, 0.5) is 5.00 Å². The average molecular weight is 274 g/mol. The highest BCUT2D eigenvalue weighted by molar-refractivity contribution is 7.16.